The number of quaternary nitrogens is 1. The van der Waals surface area contributed by atoms with Crippen molar-refractivity contribution in [3.8, 4) is 0 Å². The average Bonchev–Trinajstić information content (AvgIpc) is 2.31. The minimum atomic E-state index is -3.91. The highest BCUT2D eigenvalue weighted by atomic mass is 32.2. The summed E-state index contributed by atoms with van der Waals surface area (Å²) in [6.07, 6.45) is 0.766. The van der Waals surface area contributed by atoms with E-state index in [2.05, 4.69) is 11.9 Å². The van der Waals surface area contributed by atoms with E-state index in [0.717, 1.165) is 6.08 Å². The van der Waals surface area contributed by atoms with E-state index in [1.807, 2.05) is 0 Å². The van der Waals surface area contributed by atoms with Crippen molar-refractivity contribution in [1.29, 1.82) is 0 Å². The molecule has 0 aliphatic rings. The Labute approximate surface area is 137 Å². The molecule has 0 rings (SSSR count). The number of rotatable bonds is 9. The predicted octanol–water partition coefficient (Wildman–Crippen LogP) is -1.63. The molecule has 23 heavy (non-hydrogen) atoms. The normalized spacial score (nSPS) is 12.6. The smallest absolute Gasteiger partial charge is 0.331 e. The first-order chi connectivity index (χ1) is 10.3. The molecule has 0 aromatic rings. The van der Waals surface area contributed by atoms with E-state index in [4.69, 9.17) is 9.29 Å². The third kappa shape index (κ3) is 22.9. The number of carbonyl (C=O) groups excluding carboxylic acids is 2. The van der Waals surface area contributed by atoms with Crippen LogP contribution in [0.1, 0.15) is 13.3 Å². The van der Waals surface area contributed by atoms with Crippen LogP contribution in [0.25, 0.3) is 0 Å². The van der Waals surface area contributed by atoms with E-state index in [1.54, 1.807) is 28.1 Å². The minimum absolute atomic E-state index is 0.0694. The monoisotopic (exact) mass is 354 g/mol. The molecule has 0 fully saturated rings. The third-order valence-corrected chi connectivity index (χ3v) is 2.88. The quantitative estimate of drug-likeness (QED) is 0.126. The lowest BCUT2D eigenvalue weighted by molar-refractivity contribution is -0.864. The highest BCUT2D eigenvalue weighted by Crippen LogP contribution is 1.91. The maximum Gasteiger partial charge on any atom is 0.331 e. The van der Waals surface area contributed by atoms with Crippen molar-refractivity contribution in [3.05, 3.63) is 12.7 Å². The van der Waals surface area contributed by atoms with Gasteiger partial charge in [-0.25, -0.2) is 4.79 Å². The summed E-state index contributed by atoms with van der Waals surface area (Å²) in [7, 11) is 1.49. The molecule has 2 N–H and O–H groups in total. The fourth-order valence-corrected chi connectivity index (χ4v) is 1.72. The zero-order chi connectivity index (χ0) is 18.7. The van der Waals surface area contributed by atoms with Crippen LogP contribution in [0, 0.1) is 0 Å². The van der Waals surface area contributed by atoms with E-state index in [9.17, 15) is 23.1 Å². The van der Waals surface area contributed by atoms with E-state index in [-0.39, 0.29) is 18.7 Å². The average molecular weight is 354 g/mol. The Morgan fingerprint density at radius 2 is 1.91 bits per heavy atom. The fraction of sp³-hybridized carbons (Fsp3) is 0.692. The van der Waals surface area contributed by atoms with Crippen molar-refractivity contribution >= 4 is 22.1 Å². The Morgan fingerprint density at radius 1 is 1.39 bits per heavy atom. The molecule has 0 aromatic carbocycles. The Morgan fingerprint density at radius 3 is 2.22 bits per heavy atom. The van der Waals surface area contributed by atoms with Crippen LogP contribution in [0.2, 0.25) is 0 Å². The molecule has 0 aliphatic carbocycles. The molecule has 0 aromatic heterocycles. The number of esters is 1. The molecule has 0 radical (unpaired) electrons. The molecule has 9 nitrogen and oxygen atoms in total. The summed E-state index contributed by atoms with van der Waals surface area (Å²) in [5, 5.41) is 12.6. The first kappa shape index (κ1) is 23.8. The predicted molar refractivity (Wildman–Crippen MR) is 82.7 cm³/mol. The Balaban J connectivity index is 0. The van der Waals surface area contributed by atoms with Gasteiger partial charge in [-0.2, -0.15) is 8.42 Å². The fourth-order valence-electron chi connectivity index (χ4n) is 1.21. The number of hydrogen-bond acceptors (Lipinski definition) is 7. The van der Waals surface area contributed by atoms with Crippen LogP contribution >= 0.6 is 0 Å². The minimum Gasteiger partial charge on any atom is -0.544 e. The van der Waals surface area contributed by atoms with Gasteiger partial charge in [0.1, 0.15) is 6.54 Å². The largest absolute Gasteiger partial charge is 0.544 e. The van der Waals surface area contributed by atoms with Gasteiger partial charge in [0.15, 0.2) is 6.23 Å². The molecule has 0 aliphatic heterocycles. The van der Waals surface area contributed by atoms with Crippen LogP contribution < -0.4 is 10.4 Å². The van der Waals surface area contributed by atoms with Gasteiger partial charge in [-0.15, -0.1) is 0 Å². The third-order valence-electron chi connectivity index (χ3n) is 2.07. The molecule has 1 atom stereocenters. The Hall–Kier alpha value is -1.49. The molecule has 0 amide bonds. The lowest BCUT2D eigenvalue weighted by atomic mass is 10.4. The molecule has 136 valence electrons. The second kappa shape index (κ2) is 11.1. The van der Waals surface area contributed by atoms with Gasteiger partial charge in [0.2, 0.25) is 0 Å². The van der Waals surface area contributed by atoms with Gasteiger partial charge in [-0.3, -0.25) is 9.87 Å². The summed E-state index contributed by atoms with van der Waals surface area (Å²) in [5.41, 5.74) is 0. The second-order valence-corrected chi connectivity index (χ2v) is 7.27. The summed E-state index contributed by atoms with van der Waals surface area (Å²) >= 11 is 0. The van der Waals surface area contributed by atoms with Gasteiger partial charge >= 0.3 is 5.97 Å². The number of carbonyl (C=O) groups is 2. The van der Waals surface area contributed by atoms with Crippen LogP contribution in [0.5, 0.6) is 0 Å². The van der Waals surface area contributed by atoms with Crippen molar-refractivity contribution < 1.29 is 36.9 Å². The van der Waals surface area contributed by atoms with Crippen molar-refractivity contribution in [2.75, 3.05) is 40.0 Å². The molecule has 0 saturated carbocycles. The summed E-state index contributed by atoms with van der Waals surface area (Å²) in [5.74, 6) is -1.87. The van der Waals surface area contributed by atoms with Gasteiger partial charge in [-0.05, 0) is 19.9 Å². The zero-order valence-electron chi connectivity index (χ0n) is 13.9. The zero-order valence-corrected chi connectivity index (χ0v) is 14.8. The van der Waals surface area contributed by atoms with Crippen molar-refractivity contribution in [1.82, 2.24) is 5.32 Å². The first-order valence-electron chi connectivity index (χ1n) is 6.78. The Bertz CT molecular complexity index is 483. The van der Waals surface area contributed by atoms with Gasteiger partial charge in [0.25, 0.3) is 10.1 Å². The van der Waals surface area contributed by atoms with Gasteiger partial charge in [0.05, 0.1) is 32.9 Å². The maximum absolute atomic E-state index is 10.7. The highest BCUT2D eigenvalue weighted by molar-refractivity contribution is 7.85. The topological polar surface area (TPSA) is 133 Å². The SMILES string of the molecule is C=CC(=O)OC(C)NCCCS(=O)(=O)O.C[N+](C)(C)CC(=O)[O-]. The van der Waals surface area contributed by atoms with Crippen LogP contribution in [0.15, 0.2) is 12.7 Å². The molecule has 10 heteroatoms. The number of carboxylic acids is 1. The second-order valence-electron chi connectivity index (χ2n) is 5.70. The molecule has 0 spiro atoms. The number of aliphatic carboxylic acids is 1. The molecule has 0 heterocycles. The number of ether oxygens (including phenoxy) is 1. The lowest BCUT2D eigenvalue weighted by Gasteiger charge is -2.23. The number of nitrogens with zero attached hydrogens (tertiary/aromatic N) is 1. The molecule has 1 unspecified atom stereocenters. The van der Waals surface area contributed by atoms with E-state index in [1.165, 1.54) is 0 Å². The number of hydrogen-bond donors (Lipinski definition) is 2. The van der Waals surface area contributed by atoms with Crippen molar-refractivity contribution in [2.45, 2.75) is 19.6 Å². The van der Waals surface area contributed by atoms with Crippen LogP contribution in [0.3, 0.4) is 0 Å². The van der Waals surface area contributed by atoms with Gasteiger partial charge < -0.3 is 19.1 Å². The molecule has 0 bridgehead atoms. The molecular formula is C13H26N2O7S. The standard InChI is InChI=1S/C8H15NO5S.C5H11NO2/c1-3-8(10)14-7(2)9-5-4-6-15(11,12)13;1-6(2,3)4-5(7)8/h3,7,9H,1,4-6H2,2H3,(H,11,12,13);4H2,1-3H3. The number of nitrogens with one attached hydrogen (secondary N) is 1. The van der Waals surface area contributed by atoms with Crippen LogP contribution in [-0.2, 0) is 24.4 Å². The van der Waals surface area contributed by atoms with Crippen molar-refractivity contribution in [3.63, 3.8) is 0 Å². The molecular weight excluding hydrogens is 328 g/mol. The maximum atomic E-state index is 10.7. The lowest BCUT2D eigenvalue weighted by Crippen LogP contribution is -2.45. The number of carboxylic acid groups (broad SMARTS) is 1. The van der Waals surface area contributed by atoms with Crippen LogP contribution in [0.4, 0.5) is 0 Å². The Kier molecular flexibility index (Phi) is 11.5. The highest BCUT2D eigenvalue weighted by Gasteiger charge is 2.07. The van der Waals surface area contributed by atoms with E-state index < -0.39 is 28.3 Å². The summed E-state index contributed by atoms with van der Waals surface area (Å²) in [6, 6.07) is 0. The van der Waals surface area contributed by atoms with E-state index in [0.29, 0.717) is 11.0 Å². The summed E-state index contributed by atoms with van der Waals surface area (Å²) in [4.78, 5) is 20.6. The first-order valence-corrected chi connectivity index (χ1v) is 8.39. The molecule has 0 saturated heterocycles. The van der Waals surface area contributed by atoms with Gasteiger partial charge in [0, 0.05) is 6.08 Å². The summed E-state index contributed by atoms with van der Waals surface area (Å²) < 4.78 is 34.2. The van der Waals surface area contributed by atoms with Gasteiger partial charge in [-0.1, -0.05) is 6.58 Å². The van der Waals surface area contributed by atoms with Crippen LogP contribution in [-0.4, -0.2) is 75.6 Å². The summed E-state index contributed by atoms with van der Waals surface area (Å²) in [6.45, 7) is 5.23. The van der Waals surface area contributed by atoms with E-state index >= 15 is 0 Å². The van der Waals surface area contributed by atoms with Crippen molar-refractivity contribution in [2.24, 2.45) is 0 Å². The number of likely N-dealkylation sites (N-methyl/N-ethyl adjacent to an activating group) is 1.